The third kappa shape index (κ3) is 7.62. The van der Waals surface area contributed by atoms with E-state index in [4.69, 9.17) is 5.73 Å². The molecule has 1 unspecified atom stereocenters. The molecular weight excluding hydrogens is 272 g/mol. The maximum absolute atomic E-state index is 11.9. The molecule has 0 fully saturated rings. The molecule has 0 aliphatic heterocycles. The van der Waals surface area contributed by atoms with E-state index in [1.165, 1.54) is 0 Å². The van der Waals surface area contributed by atoms with Crippen molar-refractivity contribution in [2.24, 2.45) is 11.1 Å². The molecule has 5 heteroatoms. The molecule has 114 valence electrons. The van der Waals surface area contributed by atoms with Crippen molar-refractivity contribution in [1.29, 1.82) is 0 Å². The lowest BCUT2D eigenvalue weighted by Crippen LogP contribution is -2.40. The first-order chi connectivity index (χ1) is 9.18. The summed E-state index contributed by atoms with van der Waals surface area (Å²) in [6.45, 7) is 6.58. The van der Waals surface area contributed by atoms with Gasteiger partial charge in [-0.1, -0.05) is 51.1 Å². The number of rotatable bonds is 7. The van der Waals surface area contributed by atoms with Crippen LogP contribution in [0.1, 0.15) is 32.8 Å². The van der Waals surface area contributed by atoms with Crippen LogP contribution in [-0.2, 0) is 16.4 Å². The molecule has 0 saturated heterocycles. The Hall–Kier alpha value is -0.910. The average Bonchev–Trinajstić information content (AvgIpc) is 2.34. The summed E-state index contributed by atoms with van der Waals surface area (Å²) in [5, 5.41) is 0. The molecule has 0 aromatic heterocycles. The van der Waals surface area contributed by atoms with Crippen molar-refractivity contribution in [3.63, 3.8) is 0 Å². The monoisotopic (exact) mass is 298 g/mol. The second-order valence-electron chi connectivity index (χ2n) is 6.43. The molecule has 0 spiro atoms. The van der Waals surface area contributed by atoms with E-state index in [0.29, 0.717) is 13.0 Å². The van der Waals surface area contributed by atoms with E-state index in [1.54, 1.807) is 0 Å². The molecule has 1 aromatic carbocycles. The Morgan fingerprint density at radius 3 is 2.35 bits per heavy atom. The molecule has 3 N–H and O–H groups in total. The van der Waals surface area contributed by atoms with Crippen LogP contribution in [0.25, 0.3) is 0 Å². The molecule has 4 nitrogen and oxygen atoms in total. The molecule has 0 aliphatic carbocycles. The van der Waals surface area contributed by atoms with Gasteiger partial charge in [0.05, 0.1) is 5.75 Å². The number of nitrogens with two attached hydrogens (primary N) is 1. The maximum atomic E-state index is 11.9. The van der Waals surface area contributed by atoms with Gasteiger partial charge < -0.3 is 5.73 Å². The van der Waals surface area contributed by atoms with Crippen molar-refractivity contribution in [3.8, 4) is 0 Å². The van der Waals surface area contributed by atoms with E-state index >= 15 is 0 Å². The van der Waals surface area contributed by atoms with Gasteiger partial charge in [-0.15, -0.1) is 0 Å². The summed E-state index contributed by atoms with van der Waals surface area (Å²) in [6.07, 6.45) is 1.30. The van der Waals surface area contributed by atoms with E-state index < -0.39 is 10.0 Å². The predicted molar refractivity (Wildman–Crippen MR) is 84.0 cm³/mol. The standard InChI is InChI=1S/C15H26N2O2S/c1-15(2,3)11-14(16)12-17-20(18,19)10-9-13-7-5-4-6-8-13/h4-8,14,17H,9-12,16H2,1-3H3. The lowest BCUT2D eigenvalue weighted by molar-refractivity contribution is 0.338. The summed E-state index contributed by atoms with van der Waals surface area (Å²) >= 11 is 0. The molecule has 1 aromatic rings. The van der Waals surface area contributed by atoms with Crippen LogP contribution in [0.3, 0.4) is 0 Å². The zero-order chi connectivity index (χ0) is 15.2. The van der Waals surface area contributed by atoms with Gasteiger partial charge in [-0.2, -0.15) is 0 Å². The van der Waals surface area contributed by atoms with E-state index in [-0.39, 0.29) is 17.2 Å². The van der Waals surface area contributed by atoms with Crippen LogP contribution in [0.5, 0.6) is 0 Å². The molecule has 0 amide bonds. The Bertz CT molecular complexity index is 492. The van der Waals surface area contributed by atoms with Gasteiger partial charge in [-0.3, -0.25) is 0 Å². The highest BCUT2D eigenvalue weighted by molar-refractivity contribution is 7.89. The Labute approximate surface area is 122 Å². The number of benzene rings is 1. The van der Waals surface area contributed by atoms with Gasteiger partial charge in [-0.25, -0.2) is 13.1 Å². The van der Waals surface area contributed by atoms with Crippen LogP contribution in [0, 0.1) is 5.41 Å². The average molecular weight is 298 g/mol. The van der Waals surface area contributed by atoms with Crippen LogP contribution in [0.2, 0.25) is 0 Å². The van der Waals surface area contributed by atoms with E-state index in [9.17, 15) is 8.42 Å². The van der Waals surface area contributed by atoms with Gasteiger partial charge >= 0.3 is 0 Å². The van der Waals surface area contributed by atoms with Crippen LogP contribution < -0.4 is 10.5 Å². The maximum Gasteiger partial charge on any atom is 0.211 e. The van der Waals surface area contributed by atoms with Gasteiger partial charge in [0.1, 0.15) is 0 Å². The molecule has 0 bridgehead atoms. The summed E-state index contributed by atoms with van der Waals surface area (Å²) in [4.78, 5) is 0. The zero-order valence-corrected chi connectivity index (χ0v) is 13.4. The van der Waals surface area contributed by atoms with Gasteiger partial charge in [0.2, 0.25) is 10.0 Å². The lowest BCUT2D eigenvalue weighted by Gasteiger charge is -2.23. The van der Waals surface area contributed by atoms with Gasteiger partial charge in [0.15, 0.2) is 0 Å². The minimum absolute atomic E-state index is 0.0965. The fourth-order valence-electron chi connectivity index (χ4n) is 2.06. The fourth-order valence-corrected chi connectivity index (χ4v) is 3.18. The number of hydrogen-bond acceptors (Lipinski definition) is 3. The third-order valence-electron chi connectivity index (χ3n) is 2.94. The second-order valence-corrected chi connectivity index (χ2v) is 8.35. The number of sulfonamides is 1. The topological polar surface area (TPSA) is 72.2 Å². The first-order valence-electron chi connectivity index (χ1n) is 6.95. The van der Waals surface area contributed by atoms with Crippen LogP contribution >= 0.6 is 0 Å². The van der Waals surface area contributed by atoms with Crippen LogP contribution in [0.15, 0.2) is 30.3 Å². The van der Waals surface area contributed by atoms with Crippen LogP contribution in [-0.4, -0.2) is 26.8 Å². The lowest BCUT2D eigenvalue weighted by atomic mass is 9.88. The largest absolute Gasteiger partial charge is 0.326 e. The summed E-state index contributed by atoms with van der Waals surface area (Å²) < 4.78 is 26.4. The van der Waals surface area contributed by atoms with Crippen molar-refractivity contribution in [3.05, 3.63) is 35.9 Å². The molecule has 1 rings (SSSR count). The quantitative estimate of drug-likeness (QED) is 0.807. The van der Waals surface area contributed by atoms with Crippen LogP contribution in [0.4, 0.5) is 0 Å². The molecule has 0 heterocycles. The first-order valence-corrected chi connectivity index (χ1v) is 8.60. The van der Waals surface area contributed by atoms with Crippen molar-refractivity contribution >= 4 is 10.0 Å². The van der Waals surface area contributed by atoms with E-state index in [2.05, 4.69) is 25.5 Å². The van der Waals surface area contributed by atoms with Crippen molar-refractivity contribution < 1.29 is 8.42 Å². The molecule has 1 atom stereocenters. The van der Waals surface area contributed by atoms with Crippen molar-refractivity contribution in [2.45, 2.75) is 39.7 Å². The number of aryl methyl sites for hydroxylation is 1. The SMILES string of the molecule is CC(C)(C)CC(N)CNS(=O)(=O)CCc1ccccc1. The zero-order valence-electron chi connectivity index (χ0n) is 12.6. The van der Waals surface area contributed by atoms with Crippen molar-refractivity contribution in [2.75, 3.05) is 12.3 Å². The Balaban J connectivity index is 2.38. The Morgan fingerprint density at radius 2 is 1.80 bits per heavy atom. The molecule has 0 radical (unpaired) electrons. The van der Waals surface area contributed by atoms with Gasteiger partial charge in [0, 0.05) is 12.6 Å². The molecule has 0 saturated carbocycles. The van der Waals surface area contributed by atoms with E-state index in [1.807, 2.05) is 30.3 Å². The summed E-state index contributed by atoms with van der Waals surface area (Å²) in [5.41, 5.74) is 7.08. The number of hydrogen-bond donors (Lipinski definition) is 2. The highest BCUT2D eigenvalue weighted by Crippen LogP contribution is 2.19. The fraction of sp³-hybridized carbons (Fsp3) is 0.600. The summed E-state index contributed by atoms with van der Waals surface area (Å²) in [5.74, 6) is 0.0965. The predicted octanol–water partition coefficient (Wildman–Crippen LogP) is 1.91. The highest BCUT2D eigenvalue weighted by atomic mass is 32.2. The molecular formula is C15H26N2O2S. The first kappa shape index (κ1) is 17.1. The van der Waals surface area contributed by atoms with Crippen molar-refractivity contribution in [1.82, 2.24) is 4.72 Å². The number of nitrogens with one attached hydrogen (secondary N) is 1. The molecule has 20 heavy (non-hydrogen) atoms. The molecule has 0 aliphatic rings. The Morgan fingerprint density at radius 1 is 1.20 bits per heavy atom. The van der Waals surface area contributed by atoms with Gasteiger partial charge in [-0.05, 0) is 23.8 Å². The minimum atomic E-state index is -3.26. The van der Waals surface area contributed by atoms with E-state index in [0.717, 1.165) is 12.0 Å². The van der Waals surface area contributed by atoms with Gasteiger partial charge in [0.25, 0.3) is 0 Å². The third-order valence-corrected chi connectivity index (χ3v) is 4.29. The summed E-state index contributed by atoms with van der Waals surface area (Å²) in [7, 11) is -3.26. The smallest absolute Gasteiger partial charge is 0.211 e. The Kier molecular flexibility index (Phi) is 6.17. The highest BCUT2D eigenvalue weighted by Gasteiger charge is 2.18. The second kappa shape index (κ2) is 7.20. The summed E-state index contributed by atoms with van der Waals surface area (Å²) in [6, 6.07) is 9.45. The normalized spacial score (nSPS) is 14.2. The minimum Gasteiger partial charge on any atom is -0.326 e.